The van der Waals surface area contributed by atoms with Gasteiger partial charge in [0, 0.05) is 25.2 Å². The lowest BCUT2D eigenvalue weighted by molar-refractivity contribution is 0.0333. The number of amides is 2. The molecule has 18 heavy (non-hydrogen) atoms. The van der Waals surface area contributed by atoms with Crippen LogP contribution >= 0.6 is 0 Å². The van der Waals surface area contributed by atoms with Gasteiger partial charge in [-0.1, -0.05) is 20.1 Å². The Kier molecular flexibility index (Phi) is 2.28. The molecule has 0 bridgehead atoms. The zero-order valence-corrected chi connectivity index (χ0v) is 9.99. The van der Waals surface area contributed by atoms with Crippen LogP contribution in [-0.2, 0) is 9.47 Å². The van der Waals surface area contributed by atoms with Crippen molar-refractivity contribution in [3.8, 4) is 0 Å². The smallest absolute Gasteiger partial charge is 0.407 e. The molecular weight excluding hydrogens is 236 g/mol. The van der Waals surface area contributed by atoms with E-state index in [1.807, 2.05) is 0 Å². The number of alkyl carbamates (subject to hydrolysis) is 1. The molecule has 6 nitrogen and oxygen atoms in total. The topological polar surface area (TPSA) is 90.7 Å². The van der Waals surface area contributed by atoms with E-state index in [1.165, 1.54) is 13.8 Å². The van der Waals surface area contributed by atoms with Crippen LogP contribution in [0.1, 0.15) is 56.7 Å². The Morgan fingerprint density at radius 1 is 1.50 bits per heavy atom. The molecule has 1 atom stereocenters. The number of hydrogen-bond donors (Lipinski definition) is 2. The molecule has 0 saturated heterocycles. The standard InChI is InChI=1S/C12H24N2O4/c1-5-6-12(4,7-17-10(13)15)8-18-11(16)14-9(2)3/h9H,5-8H2,1-4H3,(H2,13,15)(H,14,16)/i1D3,4D3,5D2,6D2,8D2. The zero-order valence-electron chi connectivity index (χ0n) is 22.0. The summed E-state index contributed by atoms with van der Waals surface area (Å²) in [5.74, 6) is 0. The van der Waals surface area contributed by atoms with Crippen LogP contribution in [0, 0.1) is 5.41 Å². The normalized spacial score (nSPS) is 27.5. The predicted octanol–water partition coefficient (Wildman–Crippen LogP) is 2.02. The summed E-state index contributed by atoms with van der Waals surface area (Å²) in [6.45, 7) is -10.5. The fourth-order valence-corrected chi connectivity index (χ4v) is 0.776. The Bertz CT molecular complexity index is 646. The van der Waals surface area contributed by atoms with Crippen LogP contribution in [0.4, 0.5) is 9.59 Å². The van der Waals surface area contributed by atoms with Crippen molar-refractivity contribution in [2.45, 2.75) is 46.3 Å². The molecule has 6 heteroatoms. The molecule has 0 aromatic rings. The second-order valence-electron chi connectivity index (χ2n) is 3.55. The molecule has 0 spiro atoms. The number of primary amides is 1. The molecule has 3 N–H and O–H groups in total. The minimum absolute atomic E-state index is 0.622. The van der Waals surface area contributed by atoms with Crippen molar-refractivity contribution >= 4 is 12.2 Å². The fourth-order valence-electron chi connectivity index (χ4n) is 0.776. The Hall–Kier alpha value is -1.46. The van der Waals surface area contributed by atoms with Crippen LogP contribution in [0.2, 0.25) is 0 Å². The van der Waals surface area contributed by atoms with Crippen molar-refractivity contribution in [1.29, 1.82) is 0 Å². The molecule has 0 rings (SSSR count). The summed E-state index contributed by atoms with van der Waals surface area (Å²) in [6.07, 6.45) is -11.4. The summed E-state index contributed by atoms with van der Waals surface area (Å²) in [6, 6.07) is -0.622. The Morgan fingerprint density at radius 3 is 2.72 bits per heavy atom. The second-order valence-corrected chi connectivity index (χ2v) is 3.55. The first-order valence-corrected chi connectivity index (χ1v) is 4.89. The Labute approximate surface area is 125 Å². The van der Waals surface area contributed by atoms with Gasteiger partial charge in [0.25, 0.3) is 0 Å². The average molecular weight is 272 g/mol. The first kappa shape index (κ1) is 5.27. The van der Waals surface area contributed by atoms with Gasteiger partial charge >= 0.3 is 12.2 Å². The number of nitrogens with one attached hydrogen (secondary N) is 1. The quantitative estimate of drug-likeness (QED) is 0.742. The van der Waals surface area contributed by atoms with E-state index in [0.29, 0.717) is 0 Å². The van der Waals surface area contributed by atoms with Crippen molar-refractivity contribution in [3.63, 3.8) is 0 Å². The van der Waals surface area contributed by atoms with Crippen LogP contribution in [-0.4, -0.2) is 31.4 Å². The molecular formula is C12H24N2O4. The van der Waals surface area contributed by atoms with E-state index in [1.54, 1.807) is 0 Å². The molecule has 0 aliphatic heterocycles. The van der Waals surface area contributed by atoms with E-state index in [0.717, 1.165) is 0 Å². The van der Waals surface area contributed by atoms with Crippen LogP contribution in [0.3, 0.4) is 0 Å². The number of carbonyl (C=O) groups is 2. The van der Waals surface area contributed by atoms with Crippen LogP contribution in [0.15, 0.2) is 0 Å². The maximum absolute atomic E-state index is 11.9. The number of nitrogens with two attached hydrogens (primary N) is 1. The summed E-state index contributed by atoms with van der Waals surface area (Å²) in [7, 11) is 0. The van der Waals surface area contributed by atoms with Gasteiger partial charge in [-0.05, 0) is 20.2 Å². The van der Waals surface area contributed by atoms with Crippen LogP contribution in [0.5, 0.6) is 0 Å². The monoisotopic (exact) mass is 272 g/mol. The van der Waals surface area contributed by atoms with E-state index in [2.05, 4.69) is 14.8 Å². The van der Waals surface area contributed by atoms with Crippen LogP contribution in [0.25, 0.3) is 0 Å². The second kappa shape index (κ2) is 7.79. The minimum Gasteiger partial charge on any atom is -0.449 e. The van der Waals surface area contributed by atoms with Crippen molar-refractivity contribution in [3.05, 3.63) is 0 Å². The largest absolute Gasteiger partial charge is 0.449 e. The average Bonchev–Trinajstić information content (AvgIpc) is 2.41. The number of ether oxygens (including phenoxy) is 2. The predicted molar refractivity (Wildman–Crippen MR) is 68.2 cm³/mol. The van der Waals surface area contributed by atoms with E-state index in [4.69, 9.17) is 22.2 Å². The van der Waals surface area contributed by atoms with Gasteiger partial charge in [0.05, 0.1) is 2.74 Å². The first-order valence-electron chi connectivity index (χ1n) is 10.9. The molecule has 0 aromatic carbocycles. The molecule has 0 aliphatic carbocycles. The Balaban J connectivity index is 7.01. The fraction of sp³-hybridized carbons (Fsp3) is 0.833. The van der Waals surface area contributed by atoms with Gasteiger partial charge in [0.2, 0.25) is 0 Å². The molecule has 0 fully saturated rings. The SMILES string of the molecule is [2H]C([2H])([2H])C([2H])([2H])C([2H])([2H])C(COC(N)=O)(C([2H])([2H])[2H])C([2H])([2H])OC(=O)NC(C)C. The lowest BCUT2D eigenvalue weighted by Gasteiger charge is -2.27. The van der Waals surface area contributed by atoms with E-state index >= 15 is 0 Å². The molecule has 1 unspecified atom stereocenters. The summed E-state index contributed by atoms with van der Waals surface area (Å²) in [4.78, 5) is 23.0. The number of carbonyl (C=O) groups excluding carboxylic acids is 2. The zero-order chi connectivity index (χ0) is 24.6. The highest BCUT2D eigenvalue weighted by Crippen LogP contribution is 2.24. The van der Waals surface area contributed by atoms with Gasteiger partial charge in [-0.2, -0.15) is 0 Å². The van der Waals surface area contributed by atoms with Crippen molar-refractivity contribution in [1.82, 2.24) is 5.32 Å². The highest BCUT2D eigenvalue weighted by molar-refractivity contribution is 5.67. The molecule has 0 heterocycles. The maximum Gasteiger partial charge on any atom is 0.407 e. The van der Waals surface area contributed by atoms with E-state index < -0.39 is 63.3 Å². The van der Waals surface area contributed by atoms with Gasteiger partial charge in [-0.15, -0.1) is 0 Å². The summed E-state index contributed by atoms with van der Waals surface area (Å²) >= 11 is 0. The van der Waals surface area contributed by atoms with Gasteiger partial charge < -0.3 is 20.5 Å². The molecule has 0 aliphatic rings. The van der Waals surface area contributed by atoms with Crippen molar-refractivity contribution < 1.29 is 35.5 Å². The third kappa shape index (κ3) is 7.76. The van der Waals surface area contributed by atoms with Gasteiger partial charge in [0.15, 0.2) is 0 Å². The molecule has 0 radical (unpaired) electrons. The Morgan fingerprint density at radius 2 is 2.22 bits per heavy atom. The molecule has 0 aromatic heterocycles. The summed E-state index contributed by atoms with van der Waals surface area (Å²) < 4.78 is 102. The molecule has 0 saturated carbocycles. The van der Waals surface area contributed by atoms with Crippen LogP contribution < -0.4 is 11.1 Å². The highest BCUT2D eigenvalue weighted by atomic mass is 16.6. The van der Waals surface area contributed by atoms with Gasteiger partial charge in [0.1, 0.15) is 13.2 Å². The highest BCUT2D eigenvalue weighted by Gasteiger charge is 2.27. The van der Waals surface area contributed by atoms with E-state index in [-0.39, 0.29) is 0 Å². The number of hydrogen-bond acceptors (Lipinski definition) is 4. The third-order valence-electron chi connectivity index (χ3n) is 1.43. The lowest BCUT2D eigenvalue weighted by Crippen LogP contribution is -2.37. The first-order chi connectivity index (χ1) is 13.0. The minimum atomic E-state index is -4.13. The molecule has 106 valence electrons. The summed E-state index contributed by atoms with van der Waals surface area (Å²) in [5, 5.41) is 2.06. The maximum atomic E-state index is 11.9. The van der Waals surface area contributed by atoms with Crippen molar-refractivity contribution in [2.75, 3.05) is 13.2 Å². The lowest BCUT2D eigenvalue weighted by atomic mass is 9.87. The van der Waals surface area contributed by atoms with Gasteiger partial charge in [-0.3, -0.25) is 0 Å². The molecule has 2 amide bonds. The third-order valence-corrected chi connectivity index (χ3v) is 1.43. The van der Waals surface area contributed by atoms with E-state index in [9.17, 15) is 9.59 Å². The van der Waals surface area contributed by atoms with Gasteiger partial charge in [-0.25, -0.2) is 9.59 Å². The van der Waals surface area contributed by atoms with Crippen molar-refractivity contribution in [2.24, 2.45) is 11.1 Å². The summed E-state index contributed by atoms with van der Waals surface area (Å²) in [5.41, 5.74) is 0.924. The number of rotatable bonds is 7.